The van der Waals surface area contributed by atoms with Gasteiger partial charge in [0.05, 0.1) is 5.69 Å². The Morgan fingerprint density at radius 1 is 1.33 bits per heavy atom. The van der Waals surface area contributed by atoms with Crippen LogP contribution in [0.4, 0.5) is 5.82 Å². The number of hydrogen-bond acceptors (Lipinski definition) is 5. The van der Waals surface area contributed by atoms with Crippen LogP contribution >= 0.6 is 0 Å². The Balaban J connectivity index is 1.82. The van der Waals surface area contributed by atoms with Crippen LogP contribution in [0.25, 0.3) is 5.65 Å². The second kappa shape index (κ2) is 7.94. The molecule has 1 aliphatic heterocycles. The molecule has 0 aromatic carbocycles. The predicted octanol–water partition coefficient (Wildman–Crippen LogP) is 3.08. The fraction of sp³-hybridized carbons (Fsp3) is 0.667. The van der Waals surface area contributed by atoms with Gasteiger partial charge in [0.25, 0.3) is 0 Å². The van der Waals surface area contributed by atoms with E-state index in [-0.39, 0.29) is 0 Å². The first kappa shape index (κ1) is 17.2. The van der Waals surface area contributed by atoms with Crippen molar-refractivity contribution in [3.8, 4) is 0 Å². The molecule has 0 aliphatic carbocycles. The Morgan fingerprint density at radius 2 is 2.12 bits per heavy atom. The molecule has 0 radical (unpaired) electrons. The highest BCUT2D eigenvalue weighted by Gasteiger charge is 2.21. The molecule has 1 saturated heterocycles. The van der Waals surface area contributed by atoms with E-state index >= 15 is 0 Å². The van der Waals surface area contributed by atoms with Gasteiger partial charge in [-0.1, -0.05) is 0 Å². The summed E-state index contributed by atoms with van der Waals surface area (Å²) in [5.74, 6) is 1.53. The molecule has 0 spiro atoms. The summed E-state index contributed by atoms with van der Waals surface area (Å²) in [7, 11) is 0. The third kappa shape index (κ3) is 3.70. The van der Waals surface area contributed by atoms with E-state index in [2.05, 4.69) is 25.2 Å². The molecule has 2 aromatic heterocycles. The number of fused-ring (bicyclic) bond motifs is 1. The predicted molar refractivity (Wildman–Crippen MR) is 94.9 cm³/mol. The first-order valence-corrected chi connectivity index (χ1v) is 8.97. The summed E-state index contributed by atoms with van der Waals surface area (Å²) in [6, 6.07) is 2.13. The van der Waals surface area contributed by atoms with E-state index in [0.29, 0.717) is 5.92 Å². The molecule has 24 heavy (non-hydrogen) atoms. The molecule has 0 unspecified atom stereocenters. The zero-order valence-electron chi connectivity index (χ0n) is 15.0. The largest absolute Gasteiger partial charge is 0.382 e. The van der Waals surface area contributed by atoms with Crippen molar-refractivity contribution in [3.63, 3.8) is 0 Å². The number of ether oxygens (including phenoxy) is 2. The van der Waals surface area contributed by atoms with Crippen LogP contribution in [0.1, 0.15) is 49.1 Å². The normalized spacial score (nSPS) is 16.0. The summed E-state index contributed by atoms with van der Waals surface area (Å²) >= 11 is 0. The highest BCUT2D eigenvalue weighted by Crippen LogP contribution is 2.28. The number of aromatic nitrogens is 3. The van der Waals surface area contributed by atoms with Crippen LogP contribution in [-0.2, 0) is 9.47 Å². The third-order valence-electron chi connectivity index (χ3n) is 4.70. The Labute approximate surface area is 143 Å². The SMILES string of the molecule is CCOCCCNc1c(C)c(C)nc2cc(C3CCOCC3)nn12. The van der Waals surface area contributed by atoms with Gasteiger partial charge in [0, 0.05) is 56.2 Å². The second-order valence-electron chi connectivity index (χ2n) is 6.37. The van der Waals surface area contributed by atoms with Gasteiger partial charge in [-0.05, 0) is 40.0 Å². The summed E-state index contributed by atoms with van der Waals surface area (Å²) in [6.45, 7) is 10.2. The molecule has 0 saturated carbocycles. The molecule has 3 heterocycles. The highest BCUT2D eigenvalue weighted by atomic mass is 16.5. The van der Waals surface area contributed by atoms with Crippen LogP contribution in [0, 0.1) is 13.8 Å². The maximum absolute atomic E-state index is 5.47. The molecule has 6 nitrogen and oxygen atoms in total. The molecule has 2 aromatic rings. The number of nitrogens with zero attached hydrogens (tertiary/aromatic N) is 3. The van der Waals surface area contributed by atoms with Crippen LogP contribution < -0.4 is 5.32 Å². The summed E-state index contributed by atoms with van der Waals surface area (Å²) in [5.41, 5.74) is 4.26. The zero-order chi connectivity index (χ0) is 16.9. The van der Waals surface area contributed by atoms with Gasteiger partial charge in [-0.3, -0.25) is 0 Å². The summed E-state index contributed by atoms with van der Waals surface area (Å²) in [6.07, 6.45) is 3.06. The van der Waals surface area contributed by atoms with E-state index in [0.717, 1.165) is 80.7 Å². The fourth-order valence-electron chi connectivity index (χ4n) is 3.14. The monoisotopic (exact) mass is 332 g/mol. The van der Waals surface area contributed by atoms with Crippen molar-refractivity contribution in [3.05, 3.63) is 23.0 Å². The van der Waals surface area contributed by atoms with Crippen LogP contribution in [0.2, 0.25) is 0 Å². The first-order valence-electron chi connectivity index (χ1n) is 8.97. The van der Waals surface area contributed by atoms with E-state index < -0.39 is 0 Å². The van der Waals surface area contributed by atoms with Gasteiger partial charge in [-0.25, -0.2) is 4.98 Å². The van der Waals surface area contributed by atoms with Crippen LogP contribution in [0.3, 0.4) is 0 Å². The standard InChI is InChI=1S/C18H28N4O2/c1-4-23-9-5-8-19-18-13(2)14(3)20-17-12-16(21-22(17)18)15-6-10-24-11-7-15/h12,15,19H,4-11H2,1-3H3. The van der Waals surface area contributed by atoms with Crippen molar-refractivity contribution >= 4 is 11.5 Å². The first-order chi connectivity index (χ1) is 11.7. The van der Waals surface area contributed by atoms with E-state index in [4.69, 9.17) is 19.6 Å². The molecule has 3 rings (SSSR count). The lowest BCUT2D eigenvalue weighted by Crippen LogP contribution is -2.15. The molecular weight excluding hydrogens is 304 g/mol. The fourth-order valence-corrected chi connectivity index (χ4v) is 3.14. The maximum atomic E-state index is 5.47. The van der Waals surface area contributed by atoms with E-state index in [1.807, 2.05) is 11.4 Å². The zero-order valence-corrected chi connectivity index (χ0v) is 15.0. The molecule has 0 amide bonds. The van der Waals surface area contributed by atoms with Gasteiger partial charge in [0.15, 0.2) is 5.65 Å². The quantitative estimate of drug-likeness (QED) is 0.790. The molecule has 6 heteroatoms. The van der Waals surface area contributed by atoms with Gasteiger partial charge in [0.1, 0.15) is 5.82 Å². The Hall–Kier alpha value is -1.66. The summed E-state index contributed by atoms with van der Waals surface area (Å²) in [5, 5.41) is 8.39. The van der Waals surface area contributed by atoms with Crippen molar-refractivity contribution in [2.75, 3.05) is 38.3 Å². The van der Waals surface area contributed by atoms with Crippen LogP contribution in [-0.4, -0.2) is 47.6 Å². The lowest BCUT2D eigenvalue weighted by molar-refractivity contribution is 0.0844. The molecule has 132 valence electrons. The Kier molecular flexibility index (Phi) is 5.68. The molecule has 1 N–H and O–H groups in total. The molecule has 0 atom stereocenters. The Morgan fingerprint density at radius 3 is 2.88 bits per heavy atom. The van der Waals surface area contributed by atoms with Crippen molar-refractivity contribution in [1.82, 2.24) is 14.6 Å². The summed E-state index contributed by atoms with van der Waals surface area (Å²) < 4.78 is 12.8. The van der Waals surface area contributed by atoms with E-state index in [1.165, 1.54) is 0 Å². The lowest BCUT2D eigenvalue weighted by atomic mass is 9.97. The van der Waals surface area contributed by atoms with E-state index in [1.54, 1.807) is 0 Å². The van der Waals surface area contributed by atoms with Gasteiger partial charge >= 0.3 is 0 Å². The van der Waals surface area contributed by atoms with Gasteiger partial charge in [-0.2, -0.15) is 9.61 Å². The molecular formula is C18H28N4O2. The number of rotatable bonds is 7. The number of hydrogen-bond donors (Lipinski definition) is 1. The molecule has 1 aliphatic rings. The van der Waals surface area contributed by atoms with Crippen molar-refractivity contribution in [2.24, 2.45) is 0 Å². The van der Waals surface area contributed by atoms with Crippen molar-refractivity contribution in [2.45, 2.75) is 46.0 Å². The second-order valence-corrected chi connectivity index (χ2v) is 6.37. The van der Waals surface area contributed by atoms with Crippen LogP contribution in [0.5, 0.6) is 0 Å². The average molecular weight is 332 g/mol. The minimum Gasteiger partial charge on any atom is -0.382 e. The average Bonchev–Trinajstić information content (AvgIpc) is 3.02. The maximum Gasteiger partial charge on any atom is 0.157 e. The van der Waals surface area contributed by atoms with Crippen molar-refractivity contribution < 1.29 is 9.47 Å². The summed E-state index contributed by atoms with van der Waals surface area (Å²) in [4.78, 5) is 4.71. The van der Waals surface area contributed by atoms with Gasteiger partial charge in [0.2, 0.25) is 0 Å². The van der Waals surface area contributed by atoms with Gasteiger partial charge < -0.3 is 14.8 Å². The van der Waals surface area contributed by atoms with Crippen LogP contribution in [0.15, 0.2) is 6.07 Å². The third-order valence-corrected chi connectivity index (χ3v) is 4.70. The number of anilines is 1. The Bertz CT molecular complexity index is 677. The van der Waals surface area contributed by atoms with Gasteiger partial charge in [-0.15, -0.1) is 0 Å². The minimum atomic E-state index is 0.479. The topological polar surface area (TPSA) is 60.7 Å². The van der Waals surface area contributed by atoms with E-state index in [9.17, 15) is 0 Å². The minimum absolute atomic E-state index is 0.479. The lowest BCUT2D eigenvalue weighted by Gasteiger charge is -2.19. The number of nitrogens with one attached hydrogen (secondary N) is 1. The van der Waals surface area contributed by atoms with Crippen molar-refractivity contribution in [1.29, 1.82) is 0 Å². The molecule has 0 bridgehead atoms. The highest BCUT2D eigenvalue weighted by molar-refractivity contribution is 5.55. The molecule has 1 fully saturated rings. The number of aryl methyl sites for hydroxylation is 1. The smallest absolute Gasteiger partial charge is 0.157 e.